The number of hydrogen-bond donors (Lipinski definition) is 1. The first-order valence-corrected chi connectivity index (χ1v) is 7.20. The van der Waals surface area contributed by atoms with E-state index in [2.05, 4.69) is 22.4 Å². The summed E-state index contributed by atoms with van der Waals surface area (Å²) in [4.78, 5) is 11.7. The van der Waals surface area contributed by atoms with Gasteiger partial charge in [0.05, 0.1) is 0 Å². The zero-order valence-electron chi connectivity index (χ0n) is 12.6. The van der Waals surface area contributed by atoms with Gasteiger partial charge in [-0.05, 0) is 35.3 Å². The first kappa shape index (κ1) is 15.2. The largest absolute Gasteiger partial charge is 0.479 e. The number of carbonyl (C=O) groups is 1. The lowest BCUT2D eigenvalue weighted by Gasteiger charge is -2.27. The van der Waals surface area contributed by atoms with Crippen LogP contribution in [0.5, 0.6) is 0 Å². The van der Waals surface area contributed by atoms with Gasteiger partial charge in [0.1, 0.15) is 0 Å². The van der Waals surface area contributed by atoms with E-state index in [1.54, 1.807) is 0 Å². The Bertz CT molecular complexity index is 615. The Labute approximate surface area is 123 Å². The lowest BCUT2D eigenvalue weighted by atomic mass is 9.92. The maximum Gasteiger partial charge on any atom is 0.331 e. The molecule has 0 amide bonds. The molecular weight excluding hydrogens is 268 g/mol. The van der Waals surface area contributed by atoms with Crippen molar-refractivity contribution in [2.24, 2.45) is 0 Å². The van der Waals surface area contributed by atoms with E-state index in [9.17, 15) is 9.90 Å². The number of aliphatic carboxylic acids is 1. The molecule has 1 N–H and O–H groups in total. The molecular formula is C15H20N4O2. The third kappa shape index (κ3) is 2.53. The third-order valence-electron chi connectivity index (χ3n) is 4.06. The molecule has 1 aromatic carbocycles. The van der Waals surface area contributed by atoms with Gasteiger partial charge in [-0.3, -0.25) is 0 Å². The van der Waals surface area contributed by atoms with Crippen LogP contribution in [0.15, 0.2) is 24.3 Å². The minimum atomic E-state index is -1.11. The van der Waals surface area contributed by atoms with Crippen molar-refractivity contribution in [3.05, 3.63) is 29.8 Å². The van der Waals surface area contributed by atoms with E-state index < -0.39 is 11.5 Å². The molecule has 2 rings (SSSR count). The number of hydrogen-bond acceptors (Lipinski definition) is 4. The highest BCUT2D eigenvalue weighted by Gasteiger charge is 2.40. The van der Waals surface area contributed by atoms with Crippen LogP contribution in [0.4, 0.5) is 0 Å². The van der Waals surface area contributed by atoms with Crippen molar-refractivity contribution < 1.29 is 9.90 Å². The zero-order chi connectivity index (χ0) is 15.5. The molecule has 0 radical (unpaired) electrons. The number of aryl methyl sites for hydroxylation is 1. The molecule has 0 saturated carbocycles. The Morgan fingerprint density at radius 3 is 2.29 bits per heavy atom. The standard InChI is InChI=1S/C15H20N4O2/c1-4-11-7-9-12(10-8-11)13-16-17-18-19(13)15(5-2,6-3)14(20)21/h7-10H,4-6H2,1-3H3,(H,20,21). The summed E-state index contributed by atoms with van der Waals surface area (Å²) in [6.45, 7) is 5.76. The normalized spacial score (nSPS) is 11.6. The second-order valence-electron chi connectivity index (χ2n) is 5.01. The van der Waals surface area contributed by atoms with Gasteiger partial charge in [0, 0.05) is 5.56 Å². The number of benzene rings is 1. The molecule has 2 aromatic rings. The summed E-state index contributed by atoms with van der Waals surface area (Å²) in [6, 6.07) is 7.88. The van der Waals surface area contributed by atoms with Gasteiger partial charge < -0.3 is 5.11 Å². The van der Waals surface area contributed by atoms with Crippen LogP contribution in [-0.4, -0.2) is 31.3 Å². The van der Waals surface area contributed by atoms with Crippen molar-refractivity contribution in [3.8, 4) is 11.4 Å². The summed E-state index contributed by atoms with van der Waals surface area (Å²) in [6.07, 6.45) is 1.79. The van der Waals surface area contributed by atoms with Gasteiger partial charge in [0.25, 0.3) is 0 Å². The second-order valence-corrected chi connectivity index (χ2v) is 5.01. The number of rotatable bonds is 6. The van der Waals surface area contributed by atoms with Crippen LogP contribution in [0.3, 0.4) is 0 Å². The SMILES string of the molecule is CCc1ccc(-c2nnnn2C(CC)(CC)C(=O)O)cc1. The first-order valence-electron chi connectivity index (χ1n) is 7.20. The summed E-state index contributed by atoms with van der Waals surface area (Å²) in [5, 5.41) is 21.3. The third-order valence-corrected chi connectivity index (χ3v) is 4.06. The van der Waals surface area contributed by atoms with Crippen LogP contribution in [0, 0.1) is 0 Å². The molecule has 112 valence electrons. The van der Waals surface area contributed by atoms with E-state index in [0.29, 0.717) is 18.7 Å². The Morgan fingerprint density at radius 2 is 1.81 bits per heavy atom. The number of nitrogens with zero attached hydrogens (tertiary/aromatic N) is 4. The van der Waals surface area contributed by atoms with E-state index in [1.165, 1.54) is 10.2 Å². The monoisotopic (exact) mass is 288 g/mol. The molecule has 0 aliphatic carbocycles. The maximum atomic E-state index is 11.7. The average Bonchev–Trinajstić information content (AvgIpc) is 2.99. The molecule has 0 spiro atoms. The van der Waals surface area contributed by atoms with Crippen molar-refractivity contribution in [1.82, 2.24) is 20.2 Å². The Kier molecular flexibility index (Phi) is 4.35. The summed E-state index contributed by atoms with van der Waals surface area (Å²) in [5.41, 5.74) is 0.931. The Balaban J connectivity index is 2.53. The highest BCUT2D eigenvalue weighted by atomic mass is 16.4. The molecule has 0 unspecified atom stereocenters. The minimum Gasteiger partial charge on any atom is -0.479 e. The molecule has 1 aromatic heterocycles. The fourth-order valence-electron chi connectivity index (χ4n) is 2.49. The van der Waals surface area contributed by atoms with E-state index in [-0.39, 0.29) is 0 Å². The number of aromatic nitrogens is 4. The van der Waals surface area contributed by atoms with Crippen molar-refractivity contribution in [1.29, 1.82) is 0 Å². The summed E-state index contributed by atoms with van der Waals surface area (Å²) in [5.74, 6) is -0.421. The topological polar surface area (TPSA) is 80.9 Å². The van der Waals surface area contributed by atoms with Crippen LogP contribution in [0.1, 0.15) is 39.2 Å². The number of carboxylic acids is 1. The van der Waals surface area contributed by atoms with Gasteiger partial charge in [0.2, 0.25) is 0 Å². The highest BCUT2D eigenvalue weighted by Crippen LogP contribution is 2.29. The van der Waals surface area contributed by atoms with Gasteiger partial charge in [-0.1, -0.05) is 45.0 Å². The van der Waals surface area contributed by atoms with Gasteiger partial charge in [-0.2, -0.15) is 0 Å². The molecule has 6 nitrogen and oxygen atoms in total. The van der Waals surface area contributed by atoms with Crippen molar-refractivity contribution in [2.45, 2.75) is 45.6 Å². The zero-order valence-corrected chi connectivity index (χ0v) is 12.6. The first-order chi connectivity index (χ1) is 10.1. The van der Waals surface area contributed by atoms with Crippen LogP contribution in [-0.2, 0) is 16.8 Å². The molecule has 0 aliphatic rings. The lowest BCUT2D eigenvalue weighted by Crippen LogP contribution is -2.42. The minimum absolute atomic E-state index is 0.421. The van der Waals surface area contributed by atoms with Crippen molar-refractivity contribution in [2.75, 3.05) is 0 Å². The van der Waals surface area contributed by atoms with Gasteiger partial charge in [-0.15, -0.1) is 5.10 Å². The molecule has 0 aliphatic heterocycles. The molecule has 21 heavy (non-hydrogen) atoms. The Morgan fingerprint density at radius 1 is 1.19 bits per heavy atom. The Hall–Kier alpha value is -2.24. The maximum absolute atomic E-state index is 11.7. The van der Waals surface area contributed by atoms with Gasteiger partial charge in [0.15, 0.2) is 11.4 Å². The van der Waals surface area contributed by atoms with E-state index >= 15 is 0 Å². The van der Waals surface area contributed by atoms with Crippen LogP contribution in [0.2, 0.25) is 0 Å². The smallest absolute Gasteiger partial charge is 0.331 e. The molecule has 0 saturated heterocycles. The van der Waals surface area contributed by atoms with Crippen molar-refractivity contribution in [3.63, 3.8) is 0 Å². The summed E-state index contributed by atoms with van der Waals surface area (Å²) < 4.78 is 1.44. The second kappa shape index (κ2) is 6.03. The predicted molar refractivity (Wildman–Crippen MR) is 78.8 cm³/mol. The highest BCUT2D eigenvalue weighted by molar-refractivity contribution is 5.77. The fourth-order valence-corrected chi connectivity index (χ4v) is 2.49. The van der Waals surface area contributed by atoms with Crippen molar-refractivity contribution >= 4 is 5.97 Å². The van der Waals surface area contributed by atoms with Gasteiger partial charge >= 0.3 is 5.97 Å². The van der Waals surface area contributed by atoms with Gasteiger partial charge in [-0.25, -0.2) is 9.48 Å². The van der Waals surface area contributed by atoms with E-state index in [1.807, 2.05) is 38.1 Å². The average molecular weight is 288 g/mol. The molecule has 6 heteroatoms. The number of carboxylic acid groups (broad SMARTS) is 1. The molecule has 0 bridgehead atoms. The summed E-state index contributed by atoms with van der Waals surface area (Å²) >= 11 is 0. The molecule has 0 atom stereocenters. The van der Waals surface area contributed by atoms with Crippen LogP contribution in [0.25, 0.3) is 11.4 Å². The number of tetrazole rings is 1. The van der Waals surface area contributed by atoms with E-state index in [0.717, 1.165) is 12.0 Å². The molecule has 0 fully saturated rings. The van der Waals surface area contributed by atoms with E-state index in [4.69, 9.17) is 0 Å². The molecule has 1 heterocycles. The lowest BCUT2D eigenvalue weighted by molar-refractivity contribution is -0.148. The fraction of sp³-hybridized carbons (Fsp3) is 0.467. The quantitative estimate of drug-likeness (QED) is 0.883. The van der Waals surface area contributed by atoms with Crippen LogP contribution < -0.4 is 0 Å². The summed E-state index contributed by atoms with van der Waals surface area (Å²) in [7, 11) is 0. The van der Waals surface area contributed by atoms with Crippen LogP contribution >= 0.6 is 0 Å². The predicted octanol–water partition coefficient (Wildman–Crippen LogP) is 2.50.